The summed E-state index contributed by atoms with van der Waals surface area (Å²) in [5.74, 6) is 0.516. The van der Waals surface area contributed by atoms with E-state index in [-0.39, 0.29) is 24.3 Å². The third-order valence-corrected chi connectivity index (χ3v) is 11.3. The van der Waals surface area contributed by atoms with Crippen molar-refractivity contribution in [2.75, 3.05) is 58.2 Å². The first-order valence-corrected chi connectivity index (χ1v) is 20.4. The minimum absolute atomic E-state index is 0.0373. The Labute approximate surface area is 342 Å². The summed E-state index contributed by atoms with van der Waals surface area (Å²) in [4.78, 5) is 47.1. The Morgan fingerprint density at radius 1 is 0.825 bits per heavy atom. The lowest BCUT2D eigenvalue weighted by molar-refractivity contribution is -0.137. The SMILES string of the molecule is COc1cccc(NC(=O)C(C)(C)C)c1CN1CCN(C(=O)[C@H](NC(=O)OCc2ccccc2)C2CCN(CCc3cc(Cl)ccc3-c3ccccc3)CC2)CC1. The molecule has 57 heavy (non-hydrogen) atoms. The number of alkyl carbamates (subject to hydrolysis) is 1. The lowest BCUT2D eigenvalue weighted by Crippen LogP contribution is -2.58. The molecule has 11 heteroatoms. The molecule has 0 aromatic heterocycles. The van der Waals surface area contributed by atoms with Gasteiger partial charge in [0.05, 0.1) is 7.11 Å². The number of ether oxygens (including phenoxy) is 2. The van der Waals surface area contributed by atoms with Crippen molar-refractivity contribution in [1.29, 1.82) is 0 Å². The van der Waals surface area contributed by atoms with Gasteiger partial charge in [0.25, 0.3) is 0 Å². The number of nitrogens with zero attached hydrogens (tertiary/aromatic N) is 3. The van der Waals surface area contributed by atoms with Gasteiger partial charge in [-0.05, 0) is 84.8 Å². The van der Waals surface area contributed by atoms with Crippen molar-refractivity contribution < 1.29 is 23.9 Å². The maximum atomic E-state index is 14.4. The zero-order chi connectivity index (χ0) is 40.4. The minimum Gasteiger partial charge on any atom is -0.496 e. The molecule has 2 N–H and O–H groups in total. The topological polar surface area (TPSA) is 103 Å². The fourth-order valence-electron chi connectivity index (χ4n) is 7.62. The Balaban J connectivity index is 1.09. The fourth-order valence-corrected chi connectivity index (χ4v) is 7.82. The maximum absolute atomic E-state index is 14.4. The van der Waals surface area contributed by atoms with E-state index >= 15 is 0 Å². The molecule has 4 aromatic carbocycles. The highest BCUT2D eigenvalue weighted by molar-refractivity contribution is 6.30. The lowest BCUT2D eigenvalue weighted by atomic mass is 9.88. The number of nitrogens with one attached hydrogen (secondary N) is 2. The number of hydrogen-bond acceptors (Lipinski definition) is 7. The van der Waals surface area contributed by atoms with E-state index in [2.05, 4.69) is 56.8 Å². The van der Waals surface area contributed by atoms with Crippen LogP contribution in [0.2, 0.25) is 5.02 Å². The van der Waals surface area contributed by atoms with Crippen LogP contribution in [0.1, 0.15) is 50.3 Å². The van der Waals surface area contributed by atoms with Crippen LogP contribution in [-0.4, -0.2) is 91.6 Å². The largest absolute Gasteiger partial charge is 0.496 e. The predicted octanol–water partition coefficient (Wildman–Crippen LogP) is 7.89. The smallest absolute Gasteiger partial charge is 0.408 e. The van der Waals surface area contributed by atoms with Gasteiger partial charge in [0.2, 0.25) is 11.8 Å². The summed E-state index contributed by atoms with van der Waals surface area (Å²) in [6.45, 7) is 11.1. The van der Waals surface area contributed by atoms with Crippen LogP contribution in [0.25, 0.3) is 11.1 Å². The van der Waals surface area contributed by atoms with Crippen LogP contribution >= 0.6 is 11.6 Å². The van der Waals surface area contributed by atoms with Crippen LogP contribution in [0.15, 0.2) is 97.1 Å². The molecule has 2 aliphatic heterocycles. The van der Waals surface area contributed by atoms with Crippen LogP contribution < -0.4 is 15.4 Å². The van der Waals surface area contributed by atoms with Gasteiger partial charge < -0.3 is 29.9 Å². The Kier molecular flexibility index (Phi) is 14.3. The van der Waals surface area contributed by atoms with Gasteiger partial charge in [0, 0.05) is 61.0 Å². The Morgan fingerprint density at radius 2 is 1.51 bits per heavy atom. The average molecular weight is 794 g/mol. The lowest BCUT2D eigenvalue weighted by Gasteiger charge is -2.40. The van der Waals surface area contributed by atoms with Crippen molar-refractivity contribution in [2.45, 2.75) is 59.2 Å². The quantitative estimate of drug-likeness (QED) is 0.142. The second kappa shape index (κ2) is 19.5. The van der Waals surface area contributed by atoms with E-state index in [0.29, 0.717) is 38.5 Å². The standard InChI is InChI=1S/C46H56ClN5O5/c1-46(2,3)44(54)48-40-16-11-17-41(56-4)39(40)31-51-26-28-52(29-27-51)43(53)42(49-45(55)57-32-33-12-7-5-8-13-33)35-20-23-50(24-21-35)25-22-36-30-37(47)18-19-38(36)34-14-9-6-10-15-34/h5-19,30,35,42H,20-29,31-32H2,1-4H3,(H,48,54)(H,49,55)/t42-/m1/s1. The summed E-state index contributed by atoms with van der Waals surface area (Å²) >= 11 is 6.45. The number of piperidine rings is 1. The van der Waals surface area contributed by atoms with E-state index in [1.165, 1.54) is 16.7 Å². The van der Waals surface area contributed by atoms with Crippen molar-refractivity contribution in [3.05, 3.63) is 119 Å². The highest BCUT2D eigenvalue weighted by atomic mass is 35.5. The second-order valence-electron chi connectivity index (χ2n) is 16.1. The predicted molar refractivity (Wildman–Crippen MR) is 226 cm³/mol. The molecule has 4 aromatic rings. The van der Waals surface area contributed by atoms with E-state index in [4.69, 9.17) is 21.1 Å². The van der Waals surface area contributed by atoms with Crippen molar-refractivity contribution >= 4 is 35.2 Å². The first-order valence-electron chi connectivity index (χ1n) is 20.0. The molecular weight excluding hydrogens is 738 g/mol. The van der Waals surface area contributed by atoms with Gasteiger partial charge in [-0.1, -0.05) is 105 Å². The fraction of sp³-hybridized carbons (Fsp3) is 0.413. The maximum Gasteiger partial charge on any atom is 0.408 e. The molecule has 2 saturated heterocycles. The molecule has 3 amide bonds. The zero-order valence-corrected chi connectivity index (χ0v) is 34.4. The summed E-state index contributed by atoms with van der Waals surface area (Å²) in [6, 6.07) is 31.0. The van der Waals surface area contributed by atoms with E-state index in [1.54, 1.807) is 7.11 Å². The number of rotatable bonds is 13. The van der Waals surface area contributed by atoms with Crippen LogP contribution in [0.4, 0.5) is 10.5 Å². The number of carbonyl (C=O) groups excluding carboxylic acids is 3. The van der Waals surface area contributed by atoms with Gasteiger partial charge in [-0.25, -0.2) is 4.79 Å². The van der Waals surface area contributed by atoms with Crippen LogP contribution in [-0.2, 0) is 33.9 Å². The highest BCUT2D eigenvalue weighted by Gasteiger charge is 2.37. The summed E-state index contributed by atoms with van der Waals surface area (Å²) in [7, 11) is 1.63. The molecule has 6 rings (SSSR count). The first kappa shape index (κ1) is 41.7. The van der Waals surface area contributed by atoms with Crippen molar-refractivity contribution in [2.24, 2.45) is 11.3 Å². The van der Waals surface area contributed by atoms with Gasteiger partial charge in [-0.2, -0.15) is 0 Å². The molecular formula is C46H56ClN5O5. The van der Waals surface area contributed by atoms with E-state index < -0.39 is 17.6 Å². The zero-order valence-electron chi connectivity index (χ0n) is 33.6. The summed E-state index contributed by atoms with van der Waals surface area (Å²) in [5.41, 5.74) is 5.52. The number of methoxy groups -OCH3 is 1. The van der Waals surface area contributed by atoms with E-state index in [0.717, 1.165) is 60.7 Å². The van der Waals surface area contributed by atoms with Gasteiger partial charge in [-0.15, -0.1) is 0 Å². The van der Waals surface area contributed by atoms with Crippen molar-refractivity contribution in [3.8, 4) is 16.9 Å². The molecule has 0 bridgehead atoms. The van der Waals surface area contributed by atoms with Crippen molar-refractivity contribution in [3.63, 3.8) is 0 Å². The number of halogens is 1. The Hall–Kier alpha value is -4.90. The number of amides is 3. The number of hydrogen-bond donors (Lipinski definition) is 2. The molecule has 0 radical (unpaired) electrons. The minimum atomic E-state index is -0.701. The van der Waals surface area contributed by atoms with E-state index in [1.807, 2.05) is 86.3 Å². The highest BCUT2D eigenvalue weighted by Crippen LogP contribution is 2.31. The molecule has 0 spiro atoms. The molecule has 0 aliphatic carbocycles. The molecule has 2 heterocycles. The van der Waals surface area contributed by atoms with Gasteiger partial charge >= 0.3 is 6.09 Å². The third-order valence-electron chi connectivity index (χ3n) is 11.1. The number of benzene rings is 4. The molecule has 10 nitrogen and oxygen atoms in total. The third kappa shape index (κ3) is 11.4. The molecule has 302 valence electrons. The monoisotopic (exact) mass is 793 g/mol. The normalized spacial score (nSPS) is 16.1. The molecule has 0 saturated carbocycles. The second-order valence-corrected chi connectivity index (χ2v) is 16.5. The van der Waals surface area contributed by atoms with E-state index in [9.17, 15) is 14.4 Å². The number of carbonyl (C=O) groups is 3. The number of anilines is 1. The number of likely N-dealkylation sites (tertiary alicyclic amines) is 1. The average Bonchev–Trinajstić information content (AvgIpc) is 3.22. The van der Waals surface area contributed by atoms with Gasteiger partial charge in [0.15, 0.2) is 0 Å². The van der Waals surface area contributed by atoms with Crippen LogP contribution in [0.3, 0.4) is 0 Å². The summed E-state index contributed by atoms with van der Waals surface area (Å²) in [6.07, 6.45) is 1.81. The van der Waals surface area contributed by atoms with Crippen LogP contribution in [0, 0.1) is 11.3 Å². The Bertz CT molecular complexity index is 1960. The summed E-state index contributed by atoms with van der Waals surface area (Å²) in [5, 5.41) is 6.82. The summed E-state index contributed by atoms with van der Waals surface area (Å²) < 4.78 is 11.3. The van der Waals surface area contributed by atoms with Crippen molar-refractivity contribution in [1.82, 2.24) is 20.0 Å². The molecule has 1 atom stereocenters. The van der Waals surface area contributed by atoms with Crippen LogP contribution in [0.5, 0.6) is 5.75 Å². The Morgan fingerprint density at radius 3 is 2.18 bits per heavy atom. The molecule has 0 unspecified atom stereocenters. The first-order chi connectivity index (χ1) is 27.5. The number of piperazine rings is 1. The molecule has 2 fully saturated rings. The van der Waals surface area contributed by atoms with Gasteiger partial charge in [0.1, 0.15) is 18.4 Å². The molecule has 2 aliphatic rings. The van der Waals surface area contributed by atoms with Gasteiger partial charge in [-0.3, -0.25) is 14.5 Å².